The Hall–Kier alpha value is -0.900. The summed E-state index contributed by atoms with van der Waals surface area (Å²) in [5.41, 5.74) is 6.24. The Labute approximate surface area is 86.5 Å². The molecule has 0 aliphatic heterocycles. The van der Waals surface area contributed by atoms with E-state index in [-0.39, 0.29) is 12.4 Å². The first-order valence-electron chi connectivity index (χ1n) is 3.76. The lowest BCUT2D eigenvalue weighted by molar-refractivity contribution is -0.137. The van der Waals surface area contributed by atoms with E-state index in [1.165, 1.54) is 0 Å². The van der Waals surface area contributed by atoms with Crippen LogP contribution in [0.4, 0.5) is 18.9 Å². The SMILES string of the molecule is Cc1cc(C(F)(F)F)cc(C)c1N.Cl. The second-order valence-corrected chi connectivity index (χ2v) is 3.02. The van der Waals surface area contributed by atoms with Crippen molar-refractivity contribution < 1.29 is 13.2 Å². The predicted molar refractivity (Wildman–Crippen MR) is 52.6 cm³/mol. The van der Waals surface area contributed by atoms with Gasteiger partial charge in [0.05, 0.1) is 5.56 Å². The van der Waals surface area contributed by atoms with Gasteiger partial charge in [-0.1, -0.05) is 0 Å². The molecule has 14 heavy (non-hydrogen) atoms. The van der Waals surface area contributed by atoms with E-state index >= 15 is 0 Å². The van der Waals surface area contributed by atoms with Crippen LogP contribution in [0.25, 0.3) is 0 Å². The van der Waals surface area contributed by atoms with Gasteiger partial charge < -0.3 is 5.73 Å². The molecule has 2 N–H and O–H groups in total. The summed E-state index contributed by atoms with van der Waals surface area (Å²) >= 11 is 0. The fraction of sp³-hybridized carbons (Fsp3) is 0.333. The third-order valence-electron chi connectivity index (χ3n) is 1.92. The maximum Gasteiger partial charge on any atom is 0.416 e. The number of aryl methyl sites for hydroxylation is 2. The second kappa shape index (κ2) is 4.09. The fourth-order valence-electron chi connectivity index (χ4n) is 1.14. The van der Waals surface area contributed by atoms with Crippen LogP contribution in [0.2, 0.25) is 0 Å². The Bertz CT molecular complexity index is 310. The van der Waals surface area contributed by atoms with E-state index in [1.807, 2.05) is 0 Å². The van der Waals surface area contributed by atoms with Crippen LogP contribution in [0.1, 0.15) is 16.7 Å². The van der Waals surface area contributed by atoms with Gasteiger partial charge in [-0.15, -0.1) is 12.4 Å². The summed E-state index contributed by atoms with van der Waals surface area (Å²) in [4.78, 5) is 0. The second-order valence-electron chi connectivity index (χ2n) is 3.02. The van der Waals surface area contributed by atoms with Crippen molar-refractivity contribution in [2.75, 3.05) is 5.73 Å². The zero-order valence-corrected chi connectivity index (χ0v) is 8.59. The zero-order valence-electron chi connectivity index (χ0n) is 7.77. The number of nitrogen functional groups attached to an aromatic ring is 1. The summed E-state index contributed by atoms with van der Waals surface area (Å²) < 4.78 is 36.7. The number of alkyl halides is 3. The molecule has 0 saturated heterocycles. The highest BCUT2D eigenvalue weighted by atomic mass is 35.5. The monoisotopic (exact) mass is 225 g/mol. The maximum absolute atomic E-state index is 12.2. The highest BCUT2D eigenvalue weighted by molar-refractivity contribution is 5.85. The minimum atomic E-state index is -4.29. The van der Waals surface area contributed by atoms with Crippen LogP contribution in [0.15, 0.2) is 12.1 Å². The van der Waals surface area contributed by atoms with Crippen molar-refractivity contribution in [3.8, 4) is 0 Å². The van der Waals surface area contributed by atoms with Gasteiger partial charge in [0.2, 0.25) is 0 Å². The van der Waals surface area contributed by atoms with Crippen molar-refractivity contribution in [3.63, 3.8) is 0 Å². The van der Waals surface area contributed by atoms with E-state index in [0.717, 1.165) is 12.1 Å². The molecule has 1 nitrogen and oxygen atoms in total. The van der Waals surface area contributed by atoms with E-state index in [1.54, 1.807) is 13.8 Å². The molecule has 0 aliphatic rings. The van der Waals surface area contributed by atoms with Gasteiger partial charge in [0.1, 0.15) is 0 Å². The summed E-state index contributed by atoms with van der Waals surface area (Å²) in [5.74, 6) is 0. The predicted octanol–water partition coefficient (Wildman–Crippen LogP) is 3.33. The number of halogens is 4. The van der Waals surface area contributed by atoms with Crippen molar-refractivity contribution in [2.45, 2.75) is 20.0 Å². The highest BCUT2D eigenvalue weighted by Gasteiger charge is 2.31. The number of benzene rings is 1. The Kier molecular flexibility index (Phi) is 3.82. The summed E-state index contributed by atoms with van der Waals surface area (Å²) in [6, 6.07) is 2.12. The van der Waals surface area contributed by atoms with Gasteiger partial charge in [0, 0.05) is 5.69 Å². The zero-order chi connectivity index (χ0) is 10.2. The average Bonchev–Trinajstić information content (AvgIpc) is 1.97. The lowest BCUT2D eigenvalue weighted by Gasteiger charge is -2.11. The highest BCUT2D eigenvalue weighted by Crippen LogP contribution is 2.32. The van der Waals surface area contributed by atoms with Crippen molar-refractivity contribution in [2.24, 2.45) is 0 Å². The molecular weight excluding hydrogens is 215 g/mol. The van der Waals surface area contributed by atoms with Crippen LogP contribution in [0.5, 0.6) is 0 Å². The summed E-state index contributed by atoms with van der Waals surface area (Å²) in [7, 11) is 0. The molecular formula is C9H11ClF3N. The van der Waals surface area contributed by atoms with E-state index < -0.39 is 11.7 Å². The smallest absolute Gasteiger partial charge is 0.398 e. The minimum Gasteiger partial charge on any atom is -0.398 e. The van der Waals surface area contributed by atoms with Gasteiger partial charge in [-0.3, -0.25) is 0 Å². The Morgan fingerprint density at radius 3 is 1.71 bits per heavy atom. The molecule has 0 saturated carbocycles. The number of anilines is 1. The molecule has 0 heterocycles. The minimum absolute atomic E-state index is 0. The molecule has 0 unspecified atom stereocenters. The third-order valence-corrected chi connectivity index (χ3v) is 1.92. The summed E-state index contributed by atoms with van der Waals surface area (Å²) in [5, 5.41) is 0. The largest absolute Gasteiger partial charge is 0.416 e. The molecule has 0 amide bonds. The van der Waals surface area contributed by atoms with Crippen molar-refractivity contribution in [1.82, 2.24) is 0 Å². The van der Waals surface area contributed by atoms with Gasteiger partial charge in [0.25, 0.3) is 0 Å². The van der Waals surface area contributed by atoms with Crippen LogP contribution in [0.3, 0.4) is 0 Å². The van der Waals surface area contributed by atoms with E-state index in [0.29, 0.717) is 16.8 Å². The van der Waals surface area contributed by atoms with Gasteiger partial charge >= 0.3 is 6.18 Å². The van der Waals surface area contributed by atoms with Gasteiger partial charge in [0.15, 0.2) is 0 Å². The maximum atomic E-state index is 12.2. The van der Waals surface area contributed by atoms with Crippen LogP contribution < -0.4 is 5.73 Å². The Balaban J connectivity index is 0.00000169. The molecule has 5 heteroatoms. The fourth-order valence-corrected chi connectivity index (χ4v) is 1.14. The first kappa shape index (κ1) is 13.1. The molecule has 0 spiro atoms. The van der Waals surface area contributed by atoms with Gasteiger partial charge in [-0.05, 0) is 37.1 Å². The number of hydrogen-bond donors (Lipinski definition) is 1. The topological polar surface area (TPSA) is 26.0 Å². The lowest BCUT2D eigenvalue weighted by atomic mass is 10.0. The van der Waals surface area contributed by atoms with Crippen molar-refractivity contribution in [1.29, 1.82) is 0 Å². The molecule has 0 fully saturated rings. The lowest BCUT2D eigenvalue weighted by Crippen LogP contribution is -2.07. The molecule has 0 atom stereocenters. The molecule has 1 rings (SSSR count). The number of nitrogens with two attached hydrogens (primary N) is 1. The average molecular weight is 226 g/mol. The third kappa shape index (κ3) is 2.54. The molecule has 0 bridgehead atoms. The molecule has 1 aromatic rings. The Morgan fingerprint density at radius 1 is 1.07 bits per heavy atom. The molecule has 0 aromatic heterocycles. The van der Waals surface area contributed by atoms with Crippen molar-refractivity contribution in [3.05, 3.63) is 28.8 Å². The van der Waals surface area contributed by atoms with Crippen LogP contribution >= 0.6 is 12.4 Å². The normalized spacial score (nSPS) is 10.9. The molecule has 80 valence electrons. The summed E-state index contributed by atoms with van der Waals surface area (Å²) in [6.45, 7) is 3.13. The number of hydrogen-bond acceptors (Lipinski definition) is 1. The van der Waals surface area contributed by atoms with Gasteiger partial charge in [-0.25, -0.2) is 0 Å². The van der Waals surface area contributed by atoms with Crippen LogP contribution in [-0.4, -0.2) is 0 Å². The molecule has 0 aliphatic carbocycles. The quantitative estimate of drug-likeness (QED) is 0.674. The van der Waals surface area contributed by atoms with E-state index in [9.17, 15) is 13.2 Å². The molecule has 1 aromatic carbocycles. The first-order chi connectivity index (χ1) is 5.82. The van der Waals surface area contributed by atoms with Crippen molar-refractivity contribution >= 4 is 18.1 Å². The standard InChI is InChI=1S/C9H10F3N.ClH/c1-5-3-7(9(10,11)12)4-6(2)8(5)13;/h3-4H,13H2,1-2H3;1H. The summed E-state index contributed by atoms with van der Waals surface area (Å²) in [6.07, 6.45) is -4.29. The molecule has 0 radical (unpaired) electrons. The first-order valence-corrected chi connectivity index (χ1v) is 3.76. The van der Waals surface area contributed by atoms with Crippen LogP contribution in [0, 0.1) is 13.8 Å². The van der Waals surface area contributed by atoms with E-state index in [4.69, 9.17) is 5.73 Å². The number of rotatable bonds is 0. The van der Waals surface area contributed by atoms with E-state index in [2.05, 4.69) is 0 Å². The Morgan fingerprint density at radius 2 is 1.43 bits per heavy atom. The van der Waals surface area contributed by atoms with Gasteiger partial charge in [-0.2, -0.15) is 13.2 Å². The van der Waals surface area contributed by atoms with Crippen LogP contribution in [-0.2, 0) is 6.18 Å².